The van der Waals surface area contributed by atoms with Crippen molar-refractivity contribution < 1.29 is 9.84 Å². The minimum atomic E-state index is -0.339. The molecule has 6 rings (SSSR count). The van der Waals surface area contributed by atoms with Crippen molar-refractivity contribution in [2.75, 3.05) is 42.6 Å². The molecular formula is C25H30ClN7O2S. The Morgan fingerprint density at radius 1 is 1.14 bits per heavy atom. The zero-order valence-corrected chi connectivity index (χ0v) is 21.8. The zero-order chi connectivity index (χ0) is 24.9. The van der Waals surface area contributed by atoms with Crippen LogP contribution >= 0.6 is 23.4 Å². The lowest BCUT2D eigenvalue weighted by Gasteiger charge is -2.41. The SMILES string of the molecule is C[C@@H]1OCC2(CCN(c3cnc4nc(Sc5ccnc(N6CCC(O)C6)c5Cl)ccc4n3)CC2)[C@@H]1N. The Hall–Kier alpha value is -2.24. The average Bonchev–Trinajstić information content (AvgIpc) is 3.44. The number of halogens is 1. The van der Waals surface area contributed by atoms with Gasteiger partial charge in [-0.25, -0.2) is 19.9 Å². The number of aliphatic hydroxyl groups excluding tert-OH is 1. The van der Waals surface area contributed by atoms with Crippen LogP contribution in [-0.4, -0.2) is 76.1 Å². The van der Waals surface area contributed by atoms with Gasteiger partial charge in [0.2, 0.25) is 0 Å². The average molecular weight is 528 g/mol. The fourth-order valence-corrected chi connectivity index (χ4v) is 6.65. The summed E-state index contributed by atoms with van der Waals surface area (Å²) in [5.41, 5.74) is 7.91. The molecule has 0 aromatic carbocycles. The Balaban J connectivity index is 1.17. The number of nitrogens with two attached hydrogens (primary N) is 1. The lowest BCUT2D eigenvalue weighted by molar-refractivity contribution is 0.0974. The molecule has 190 valence electrons. The molecule has 3 aliphatic heterocycles. The Labute approximate surface area is 219 Å². The fraction of sp³-hybridized carbons (Fsp3) is 0.520. The van der Waals surface area contributed by atoms with Crippen LogP contribution in [0.2, 0.25) is 5.02 Å². The van der Waals surface area contributed by atoms with Crippen molar-refractivity contribution in [2.45, 2.75) is 54.4 Å². The van der Waals surface area contributed by atoms with E-state index >= 15 is 0 Å². The molecule has 0 saturated carbocycles. The predicted molar refractivity (Wildman–Crippen MR) is 141 cm³/mol. The number of ether oxygens (including phenoxy) is 1. The van der Waals surface area contributed by atoms with Crippen LogP contribution < -0.4 is 15.5 Å². The van der Waals surface area contributed by atoms with Crippen molar-refractivity contribution in [1.29, 1.82) is 0 Å². The molecule has 3 aliphatic rings. The molecule has 1 spiro atoms. The molecule has 0 aliphatic carbocycles. The second-order valence-corrected chi connectivity index (χ2v) is 11.5. The lowest BCUT2D eigenvalue weighted by atomic mass is 9.73. The van der Waals surface area contributed by atoms with Gasteiger partial charge < -0.3 is 25.4 Å². The van der Waals surface area contributed by atoms with E-state index in [1.807, 2.05) is 29.3 Å². The summed E-state index contributed by atoms with van der Waals surface area (Å²) < 4.78 is 5.85. The van der Waals surface area contributed by atoms with Crippen LogP contribution in [0.1, 0.15) is 26.2 Å². The summed E-state index contributed by atoms with van der Waals surface area (Å²) in [6, 6.07) is 5.88. The fourth-order valence-electron chi connectivity index (χ4n) is 5.50. The van der Waals surface area contributed by atoms with E-state index in [0.717, 1.165) is 66.8 Å². The molecule has 0 bridgehead atoms. The first kappa shape index (κ1) is 24.1. The van der Waals surface area contributed by atoms with Crippen molar-refractivity contribution in [3.8, 4) is 0 Å². The van der Waals surface area contributed by atoms with E-state index < -0.39 is 0 Å². The number of piperidine rings is 1. The smallest absolute Gasteiger partial charge is 0.179 e. The minimum Gasteiger partial charge on any atom is -0.391 e. The summed E-state index contributed by atoms with van der Waals surface area (Å²) in [4.78, 5) is 23.8. The maximum absolute atomic E-state index is 9.87. The summed E-state index contributed by atoms with van der Waals surface area (Å²) >= 11 is 8.16. The molecule has 3 fully saturated rings. The van der Waals surface area contributed by atoms with Crippen LogP contribution in [0, 0.1) is 5.41 Å². The molecule has 6 heterocycles. The summed E-state index contributed by atoms with van der Waals surface area (Å²) in [6.45, 7) is 5.89. The highest BCUT2D eigenvalue weighted by Gasteiger charge is 2.47. The van der Waals surface area contributed by atoms with Gasteiger partial charge in [-0.05, 0) is 44.4 Å². The van der Waals surface area contributed by atoms with Gasteiger partial charge in [-0.15, -0.1) is 0 Å². The third kappa shape index (κ3) is 4.39. The van der Waals surface area contributed by atoms with E-state index in [1.54, 1.807) is 6.20 Å². The van der Waals surface area contributed by atoms with Crippen LogP contribution in [0.15, 0.2) is 40.5 Å². The monoisotopic (exact) mass is 527 g/mol. The molecule has 9 nitrogen and oxygen atoms in total. The maximum Gasteiger partial charge on any atom is 0.179 e. The van der Waals surface area contributed by atoms with Gasteiger partial charge in [0, 0.05) is 48.7 Å². The van der Waals surface area contributed by atoms with Crippen molar-refractivity contribution in [1.82, 2.24) is 19.9 Å². The molecule has 3 saturated heterocycles. The number of aromatic nitrogens is 4. The summed E-state index contributed by atoms with van der Waals surface area (Å²) in [5.74, 6) is 1.57. The van der Waals surface area contributed by atoms with Crippen LogP contribution in [0.25, 0.3) is 11.2 Å². The van der Waals surface area contributed by atoms with Crippen LogP contribution in [0.4, 0.5) is 11.6 Å². The highest BCUT2D eigenvalue weighted by atomic mass is 35.5. The van der Waals surface area contributed by atoms with Gasteiger partial charge in [0.1, 0.15) is 22.2 Å². The van der Waals surface area contributed by atoms with Gasteiger partial charge in [0.25, 0.3) is 0 Å². The zero-order valence-electron chi connectivity index (χ0n) is 20.2. The third-order valence-corrected chi connectivity index (χ3v) is 9.29. The van der Waals surface area contributed by atoms with E-state index in [-0.39, 0.29) is 23.7 Å². The number of fused-ring (bicyclic) bond motifs is 1. The van der Waals surface area contributed by atoms with E-state index in [1.165, 1.54) is 11.8 Å². The van der Waals surface area contributed by atoms with Gasteiger partial charge in [-0.2, -0.15) is 0 Å². The number of nitrogens with zero attached hydrogens (tertiary/aromatic N) is 6. The van der Waals surface area contributed by atoms with Gasteiger partial charge in [-0.3, -0.25) is 0 Å². The Bertz CT molecular complexity index is 1270. The van der Waals surface area contributed by atoms with Crippen molar-refractivity contribution in [2.24, 2.45) is 11.1 Å². The molecule has 3 aromatic rings. The predicted octanol–water partition coefficient (Wildman–Crippen LogP) is 3.13. The topological polar surface area (TPSA) is 114 Å². The Morgan fingerprint density at radius 2 is 1.97 bits per heavy atom. The molecule has 3 N–H and O–H groups in total. The maximum atomic E-state index is 9.87. The largest absolute Gasteiger partial charge is 0.391 e. The van der Waals surface area contributed by atoms with Gasteiger partial charge in [0.15, 0.2) is 5.65 Å². The van der Waals surface area contributed by atoms with Crippen molar-refractivity contribution >= 4 is 46.2 Å². The van der Waals surface area contributed by atoms with Crippen LogP contribution in [0.5, 0.6) is 0 Å². The number of hydrogen-bond acceptors (Lipinski definition) is 10. The molecule has 0 radical (unpaired) electrons. The van der Waals surface area contributed by atoms with Gasteiger partial charge in [0.05, 0.1) is 30.0 Å². The van der Waals surface area contributed by atoms with Crippen molar-refractivity contribution in [3.05, 3.63) is 35.6 Å². The molecule has 0 amide bonds. The summed E-state index contributed by atoms with van der Waals surface area (Å²) in [7, 11) is 0. The number of anilines is 2. The highest BCUT2D eigenvalue weighted by molar-refractivity contribution is 7.99. The molecular weight excluding hydrogens is 498 g/mol. The number of hydrogen-bond donors (Lipinski definition) is 2. The number of β-amino-alcohol motifs (C(OH)–C–C–N with tert-alkyl or cyclic N) is 1. The molecule has 36 heavy (non-hydrogen) atoms. The lowest BCUT2D eigenvalue weighted by Crippen LogP contribution is -2.50. The summed E-state index contributed by atoms with van der Waals surface area (Å²) in [5, 5.41) is 11.2. The van der Waals surface area contributed by atoms with E-state index in [2.05, 4.69) is 21.8 Å². The van der Waals surface area contributed by atoms with E-state index in [9.17, 15) is 5.11 Å². The highest BCUT2D eigenvalue weighted by Crippen LogP contribution is 2.42. The second-order valence-electron chi connectivity index (χ2n) is 10.0. The number of rotatable bonds is 4. The molecule has 1 unspecified atom stereocenters. The standard InChI is InChI=1S/C25H30ClN7O2S/c1-15-22(27)25(14-35-15)6-10-32(11-7-25)19-12-29-23-17(30-19)2-3-20(31-23)36-18-4-8-28-24(21(18)26)33-9-5-16(34)13-33/h2-4,8,12,15-16,22,34H,5-7,9-11,13-14,27H2,1H3/t15-,16?,22+/m0/s1. The number of aliphatic hydroxyl groups is 1. The quantitative estimate of drug-likeness (QED) is 0.524. The van der Waals surface area contributed by atoms with E-state index in [0.29, 0.717) is 23.0 Å². The van der Waals surface area contributed by atoms with Gasteiger partial charge >= 0.3 is 0 Å². The second kappa shape index (κ2) is 9.57. The Kier molecular flexibility index (Phi) is 6.41. The van der Waals surface area contributed by atoms with Crippen LogP contribution in [0.3, 0.4) is 0 Å². The van der Waals surface area contributed by atoms with Crippen LogP contribution in [-0.2, 0) is 4.74 Å². The first-order valence-corrected chi connectivity index (χ1v) is 13.6. The van der Waals surface area contributed by atoms with Gasteiger partial charge in [-0.1, -0.05) is 23.4 Å². The molecule has 3 atom stereocenters. The normalized spacial score (nSPS) is 25.8. The Morgan fingerprint density at radius 3 is 2.69 bits per heavy atom. The first-order valence-electron chi connectivity index (χ1n) is 12.4. The summed E-state index contributed by atoms with van der Waals surface area (Å²) in [6.07, 6.45) is 6.06. The van der Waals surface area contributed by atoms with E-state index in [4.69, 9.17) is 32.0 Å². The first-order chi connectivity index (χ1) is 17.4. The molecule has 11 heteroatoms. The third-order valence-electron chi connectivity index (χ3n) is 7.81. The molecule has 3 aromatic heterocycles. The van der Waals surface area contributed by atoms with Crippen molar-refractivity contribution in [3.63, 3.8) is 0 Å². The number of pyridine rings is 2. The minimum absolute atomic E-state index is 0.0799.